The second-order valence-corrected chi connectivity index (χ2v) is 6.03. The van der Waals surface area contributed by atoms with Crippen molar-refractivity contribution < 1.29 is 4.79 Å². The van der Waals surface area contributed by atoms with Crippen molar-refractivity contribution in [2.24, 2.45) is 11.8 Å². The van der Waals surface area contributed by atoms with Gasteiger partial charge in [0.1, 0.15) is 0 Å². The van der Waals surface area contributed by atoms with Crippen molar-refractivity contribution in [1.29, 1.82) is 0 Å². The van der Waals surface area contributed by atoms with Gasteiger partial charge in [-0.3, -0.25) is 9.89 Å². The summed E-state index contributed by atoms with van der Waals surface area (Å²) in [7, 11) is 0. The highest BCUT2D eigenvalue weighted by molar-refractivity contribution is 6.05. The molecule has 3 N–H and O–H groups in total. The van der Waals surface area contributed by atoms with Crippen LogP contribution in [0.25, 0.3) is 10.9 Å². The van der Waals surface area contributed by atoms with E-state index >= 15 is 0 Å². The van der Waals surface area contributed by atoms with Gasteiger partial charge in [-0.15, -0.1) is 0 Å². The van der Waals surface area contributed by atoms with E-state index in [9.17, 15) is 4.79 Å². The van der Waals surface area contributed by atoms with Crippen molar-refractivity contribution >= 4 is 22.5 Å². The number of carbonyl (C=O) groups excluding carboxylic acids is 1. The average Bonchev–Trinajstić information content (AvgIpc) is 2.79. The molecule has 2 atom stereocenters. The maximum Gasteiger partial charge on any atom is 0.275 e. The summed E-state index contributed by atoms with van der Waals surface area (Å²) in [5.74, 6) is 1.08. The van der Waals surface area contributed by atoms with E-state index in [4.69, 9.17) is 5.73 Å². The van der Waals surface area contributed by atoms with Gasteiger partial charge in [0.05, 0.1) is 5.52 Å². The summed E-state index contributed by atoms with van der Waals surface area (Å²) in [5, 5.41) is 7.90. The van der Waals surface area contributed by atoms with E-state index in [1.165, 1.54) is 6.42 Å². The van der Waals surface area contributed by atoms with Crippen LogP contribution in [0.3, 0.4) is 0 Å². The van der Waals surface area contributed by atoms with Crippen LogP contribution >= 0.6 is 0 Å². The molecule has 20 heavy (non-hydrogen) atoms. The number of nitrogens with zero attached hydrogens (tertiary/aromatic N) is 2. The molecule has 5 nitrogen and oxygen atoms in total. The number of benzene rings is 1. The monoisotopic (exact) mass is 272 g/mol. The van der Waals surface area contributed by atoms with Crippen LogP contribution in [0.2, 0.25) is 0 Å². The SMILES string of the molecule is CC1CC(C)CN(C(=O)c2n[nH]c3ccc(N)cc23)C1. The predicted molar refractivity (Wildman–Crippen MR) is 79.4 cm³/mol. The largest absolute Gasteiger partial charge is 0.399 e. The highest BCUT2D eigenvalue weighted by atomic mass is 16.2. The van der Waals surface area contributed by atoms with Crippen LogP contribution in [0.1, 0.15) is 30.8 Å². The van der Waals surface area contributed by atoms with Crippen molar-refractivity contribution in [2.75, 3.05) is 18.8 Å². The van der Waals surface area contributed by atoms with E-state index in [2.05, 4.69) is 24.0 Å². The van der Waals surface area contributed by atoms with Crippen LogP contribution in [-0.2, 0) is 0 Å². The molecule has 1 aliphatic heterocycles. The summed E-state index contributed by atoms with van der Waals surface area (Å²) in [6.07, 6.45) is 1.18. The molecule has 0 radical (unpaired) electrons. The number of hydrogen-bond donors (Lipinski definition) is 2. The van der Waals surface area contributed by atoms with Crippen molar-refractivity contribution in [3.8, 4) is 0 Å². The Labute approximate surface area is 118 Å². The molecule has 1 amide bonds. The minimum absolute atomic E-state index is 0.000231. The van der Waals surface area contributed by atoms with Gasteiger partial charge in [0.2, 0.25) is 0 Å². The molecule has 1 fully saturated rings. The number of nitrogens with one attached hydrogen (secondary N) is 1. The number of fused-ring (bicyclic) bond motifs is 1. The van der Waals surface area contributed by atoms with Gasteiger partial charge in [-0.25, -0.2) is 0 Å². The first-order valence-electron chi connectivity index (χ1n) is 7.07. The molecule has 3 rings (SSSR count). The molecule has 0 aliphatic carbocycles. The van der Waals surface area contributed by atoms with Crippen molar-refractivity contribution in [2.45, 2.75) is 20.3 Å². The van der Waals surface area contributed by atoms with E-state index in [0.717, 1.165) is 24.0 Å². The van der Waals surface area contributed by atoms with Crippen LogP contribution in [-0.4, -0.2) is 34.1 Å². The fourth-order valence-corrected chi connectivity index (χ4v) is 3.17. The number of nitrogens with two attached hydrogens (primary N) is 1. The zero-order chi connectivity index (χ0) is 14.3. The second-order valence-electron chi connectivity index (χ2n) is 6.03. The highest BCUT2D eigenvalue weighted by Crippen LogP contribution is 2.25. The molecular formula is C15H20N4O. The number of amides is 1. The van der Waals surface area contributed by atoms with E-state index in [1.54, 1.807) is 6.07 Å². The Hall–Kier alpha value is -2.04. The highest BCUT2D eigenvalue weighted by Gasteiger charge is 2.28. The minimum Gasteiger partial charge on any atom is -0.399 e. The van der Waals surface area contributed by atoms with Gasteiger partial charge >= 0.3 is 0 Å². The van der Waals surface area contributed by atoms with Gasteiger partial charge in [0.15, 0.2) is 5.69 Å². The van der Waals surface area contributed by atoms with Gasteiger partial charge < -0.3 is 10.6 Å². The lowest BCUT2D eigenvalue weighted by atomic mass is 9.91. The summed E-state index contributed by atoms with van der Waals surface area (Å²) in [6.45, 7) is 5.99. The quantitative estimate of drug-likeness (QED) is 0.782. The van der Waals surface area contributed by atoms with Crippen LogP contribution < -0.4 is 5.73 Å². The molecule has 2 unspecified atom stereocenters. The molecule has 1 aliphatic rings. The van der Waals surface area contributed by atoms with Crippen LogP contribution in [0.15, 0.2) is 18.2 Å². The third kappa shape index (κ3) is 2.24. The number of rotatable bonds is 1. The Morgan fingerprint density at radius 1 is 1.35 bits per heavy atom. The number of nitrogen functional groups attached to an aromatic ring is 1. The fraction of sp³-hybridized carbons (Fsp3) is 0.467. The van der Waals surface area contributed by atoms with Crippen LogP contribution in [0.4, 0.5) is 5.69 Å². The van der Waals surface area contributed by atoms with Gasteiger partial charge in [-0.1, -0.05) is 13.8 Å². The number of hydrogen-bond acceptors (Lipinski definition) is 3. The van der Waals surface area contributed by atoms with Gasteiger partial charge in [0.25, 0.3) is 5.91 Å². The molecule has 0 bridgehead atoms. The Morgan fingerprint density at radius 2 is 2.05 bits per heavy atom. The van der Waals surface area contributed by atoms with Gasteiger partial charge in [-0.05, 0) is 36.5 Å². The molecule has 106 valence electrons. The lowest BCUT2D eigenvalue weighted by molar-refractivity contribution is 0.0619. The summed E-state index contributed by atoms with van der Waals surface area (Å²) in [4.78, 5) is 14.6. The van der Waals surface area contributed by atoms with Gasteiger partial charge in [-0.2, -0.15) is 5.10 Å². The Kier molecular flexibility index (Phi) is 3.12. The number of anilines is 1. The molecule has 0 saturated carbocycles. The Bertz CT molecular complexity index is 638. The normalized spacial score (nSPS) is 23.2. The number of carbonyl (C=O) groups is 1. The molecule has 1 saturated heterocycles. The maximum absolute atomic E-state index is 12.7. The van der Waals surface area contributed by atoms with E-state index < -0.39 is 0 Å². The lowest BCUT2D eigenvalue weighted by Crippen LogP contribution is -2.42. The predicted octanol–water partition coefficient (Wildman–Crippen LogP) is 2.26. The first kappa shape index (κ1) is 13.0. The summed E-state index contributed by atoms with van der Waals surface area (Å²) >= 11 is 0. The third-order valence-electron chi connectivity index (χ3n) is 3.95. The molecule has 2 heterocycles. The van der Waals surface area contributed by atoms with Crippen LogP contribution in [0, 0.1) is 11.8 Å². The molecule has 2 aromatic rings. The summed E-state index contributed by atoms with van der Waals surface area (Å²) in [5.41, 5.74) is 7.78. The summed E-state index contributed by atoms with van der Waals surface area (Å²) in [6, 6.07) is 5.47. The molecule has 1 aromatic heterocycles. The van der Waals surface area contributed by atoms with Crippen molar-refractivity contribution in [1.82, 2.24) is 15.1 Å². The average molecular weight is 272 g/mol. The number of piperidine rings is 1. The van der Waals surface area contributed by atoms with Crippen molar-refractivity contribution in [3.63, 3.8) is 0 Å². The van der Waals surface area contributed by atoms with E-state index in [1.807, 2.05) is 17.0 Å². The Morgan fingerprint density at radius 3 is 2.75 bits per heavy atom. The molecular weight excluding hydrogens is 252 g/mol. The maximum atomic E-state index is 12.7. The number of aromatic amines is 1. The summed E-state index contributed by atoms with van der Waals surface area (Å²) < 4.78 is 0. The minimum atomic E-state index is 0.000231. The first-order chi connectivity index (χ1) is 9.54. The van der Waals surface area contributed by atoms with E-state index in [-0.39, 0.29) is 5.91 Å². The Balaban J connectivity index is 1.94. The van der Waals surface area contributed by atoms with Crippen LogP contribution in [0.5, 0.6) is 0 Å². The molecule has 0 spiro atoms. The molecule has 5 heteroatoms. The van der Waals surface area contributed by atoms with Gasteiger partial charge in [0, 0.05) is 24.2 Å². The zero-order valence-electron chi connectivity index (χ0n) is 11.9. The number of H-pyrrole nitrogens is 1. The standard InChI is InChI=1S/C15H20N4O/c1-9-5-10(2)8-19(7-9)15(20)14-12-6-11(16)3-4-13(12)17-18-14/h3-4,6,9-10H,5,7-8,16H2,1-2H3,(H,17,18). The van der Waals surface area contributed by atoms with Crippen molar-refractivity contribution in [3.05, 3.63) is 23.9 Å². The first-order valence-corrected chi connectivity index (χ1v) is 7.07. The molecule has 1 aromatic carbocycles. The second kappa shape index (κ2) is 4.81. The lowest BCUT2D eigenvalue weighted by Gasteiger charge is -2.34. The number of aromatic nitrogens is 2. The fourth-order valence-electron chi connectivity index (χ4n) is 3.17. The third-order valence-corrected chi connectivity index (χ3v) is 3.95. The zero-order valence-corrected chi connectivity index (χ0v) is 11.9. The smallest absolute Gasteiger partial charge is 0.275 e. The van der Waals surface area contributed by atoms with E-state index in [0.29, 0.717) is 23.2 Å². The topological polar surface area (TPSA) is 75.0 Å². The number of likely N-dealkylation sites (tertiary alicyclic amines) is 1.